The summed E-state index contributed by atoms with van der Waals surface area (Å²) in [5, 5.41) is 0. The predicted octanol–water partition coefficient (Wildman–Crippen LogP) is 4.30. The second kappa shape index (κ2) is 6.49. The number of epoxide rings is 1. The van der Waals surface area contributed by atoms with Gasteiger partial charge in [0.05, 0.1) is 23.5 Å². The molecule has 0 radical (unpaired) electrons. The zero-order valence-corrected chi connectivity index (χ0v) is 23.2. The molecule has 7 atom stereocenters. The van der Waals surface area contributed by atoms with E-state index in [0.29, 0.717) is 18.8 Å². The summed E-state index contributed by atoms with van der Waals surface area (Å²) in [6, 6.07) is 6.66. The van der Waals surface area contributed by atoms with E-state index >= 15 is 0 Å². The van der Waals surface area contributed by atoms with E-state index in [1.807, 2.05) is 19.9 Å². The second-order valence-electron chi connectivity index (χ2n) is 12.1. The molecule has 6 aliphatic rings. The third-order valence-corrected chi connectivity index (χ3v) is 11.6. The fraction of sp³-hybridized carbons (Fsp3) is 0.615. The van der Waals surface area contributed by atoms with Crippen LogP contribution in [0.5, 0.6) is 0 Å². The molecule has 2 saturated heterocycles. The summed E-state index contributed by atoms with van der Waals surface area (Å²) in [6.45, 7) is 17.2. The van der Waals surface area contributed by atoms with Gasteiger partial charge in [-0.05, 0) is 58.1 Å². The zero-order valence-electron chi connectivity index (χ0n) is 21.4. The van der Waals surface area contributed by atoms with Crippen molar-refractivity contribution in [3.8, 4) is 0 Å². The first-order chi connectivity index (χ1) is 16.2. The van der Waals surface area contributed by atoms with Gasteiger partial charge in [-0.25, -0.2) is 0 Å². The third kappa shape index (κ3) is 2.39. The normalized spacial score (nSPS) is 45.2. The Morgan fingerprint density at radius 3 is 2.40 bits per heavy atom. The zero-order chi connectivity index (χ0) is 25.4. The molecule has 7 unspecified atom stereocenters. The highest BCUT2D eigenvalue weighted by molar-refractivity contribution is 7.86. The van der Waals surface area contributed by atoms with Gasteiger partial charge >= 0.3 is 10.1 Å². The largest absolute Gasteiger partial charge is 0.408 e. The molecule has 2 heterocycles. The topological polar surface area (TPSA) is 83.6 Å². The van der Waals surface area contributed by atoms with E-state index in [4.69, 9.17) is 22.8 Å². The average Bonchev–Trinajstić information content (AvgIpc) is 3.36. The number of aryl methyl sites for hydroxylation is 1. The highest BCUT2D eigenvalue weighted by Crippen LogP contribution is 2.87. The van der Waals surface area contributed by atoms with Crippen molar-refractivity contribution in [2.75, 3.05) is 13.7 Å². The molecule has 2 aliphatic heterocycles. The van der Waals surface area contributed by atoms with Crippen LogP contribution in [0.15, 0.2) is 53.1 Å². The molecular formula is C26H34O7SSi. The van der Waals surface area contributed by atoms with Crippen molar-refractivity contribution in [1.29, 1.82) is 0 Å². The number of methoxy groups -OCH3 is 1. The molecule has 1 aromatic rings. The van der Waals surface area contributed by atoms with Crippen LogP contribution in [0.3, 0.4) is 0 Å². The molecule has 4 bridgehead atoms. The van der Waals surface area contributed by atoms with E-state index in [1.165, 1.54) is 0 Å². The second-order valence-corrected chi connectivity index (χ2v) is 18.1. The molecule has 0 aromatic heterocycles. The summed E-state index contributed by atoms with van der Waals surface area (Å²) in [7, 11) is -4.62. The maximum atomic E-state index is 13.5. The van der Waals surface area contributed by atoms with Crippen molar-refractivity contribution in [1.82, 2.24) is 0 Å². The minimum absolute atomic E-state index is 0.0184. The summed E-state index contributed by atoms with van der Waals surface area (Å²) >= 11 is 0. The van der Waals surface area contributed by atoms with Gasteiger partial charge in [0.25, 0.3) is 0 Å². The van der Waals surface area contributed by atoms with E-state index in [9.17, 15) is 8.42 Å². The highest BCUT2D eigenvalue weighted by atomic mass is 32.2. The number of hydrogen-bond acceptors (Lipinski definition) is 7. The third-order valence-electron chi connectivity index (χ3n) is 9.45. The Hall–Kier alpha value is -1.49. The maximum absolute atomic E-state index is 13.5. The molecule has 1 aromatic carbocycles. The summed E-state index contributed by atoms with van der Waals surface area (Å²) in [6.07, 6.45) is 2.06. The van der Waals surface area contributed by atoms with E-state index in [0.717, 1.165) is 11.1 Å². The Kier molecular flexibility index (Phi) is 4.43. The Morgan fingerprint density at radius 2 is 1.80 bits per heavy atom. The van der Waals surface area contributed by atoms with E-state index < -0.39 is 52.2 Å². The Labute approximate surface area is 208 Å². The van der Waals surface area contributed by atoms with Crippen LogP contribution < -0.4 is 0 Å². The maximum Gasteiger partial charge on any atom is 0.338 e. The van der Waals surface area contributed by atoms with Crippen LogP contribution in [0.2, 0.25) is 19.6 Å². The SMILES string of the molecule is C=C1CC2OC23C12C=C(OS(=O)(=O)c1ccc(C)cc1)C1(C)C(OC)(OCC13C)C2O[Si](C)(C)C. The first kappa shape index (κ1) is 23.9. The Bertz CT molecular complexity index is 1280. The molecule has 4 fully saturated rings. The lowest BCUT2D eigenvalue weighted by atomic mass is 9.39. The van der Waals surface area contributed by atoms with Gasteiger partial charge in [-0.3, -0.25) is 0 Å². The van der Waals surface area contributed by atoms with Crippen molar-refractivity contribution in [3.63, 3.8) is 0 Å². The van der Waals surface area contributed by atoms with Crippen LogP contribution in [0.4, 0.5) is 0 Å². The fourth-order valence-corrected chi connectivity index (χ4v) is 9.78. The molecule has 7 rings (SSSR count). The minimum Gasteiger partial charge on any atom is -0.408 e. The van der Waals surface area contributed by atoms with Crippen molar-refractivity contribution in [3.05, 3.63) is 53.8 Å². The predicted molar refractivity (Wildman–Crippen MR) is 131 cm³/mol. The Balaban J connectivity index is 1.60. The number of ether oxygens (including phenoxy) is 3. The van der Waals surface area contributed by atoms with Crippen molar-refractivity contribution in [2.24, 2.45) is 16.2 Å². The van der Waals surface area contributed by atoms with Crippen molar-refractivity contribution in [2.45, 2.75) is 75.3 Å². The lowest BCUT2D eigenvalue weighted by molar-refractivity contribution is -0.331. The summed E-state index contributed by atoms with van der Waals surface area (Å²) < 4.78 is 59.3. The summed E-state index contributed by atoms with van der Waals surface area (Å²) in [5.41, 5.74) is -1.12. The molecule has 2 saturated carbocycles. The summed E-state index contributed by atoms with van der Waals surface area (Å²) in [5.74, 6) is -0.942. The minimum atomic E-state index is -4.11. The Morgan fingerprint density at radius 1 is 1.14 bits per heavy atom. The van der Waals surface area contributed by atoms with Crippen LogP contribution >= 0.6 is 0 Å². The fourth-order valence-electron chi connectivity index (χ4n) is 7.71. The highest BCUT2D eigenvalue weighted by Gasteiger charge is 2.98. The van der Waals surface area contributed by atoms with Gasteiger partial charge in [0.15, 0.2) is 8.32 Å². The van der Waals surface area contributed by atoms with Crippen LogP contribution in [0.1, 0.15) is 25.8 Å². The molecule has 4 aliphatic carbocycles. The molecule has 2 spiro atoms. The lowest BCUT2D eigenvalue weighted by Gasteiger charge is -2.67. The van der Waals surface area contributed by atoms with Gasteiger partial charge in [-0.2, -0.15) is 8.42 Å². The molecule has 190 valence electrons. The van der Waals surface area contributed by atoms with Crippen molar-refractivity contribution >= 4 is 18.4 Å². The molecule has 0 amide bonds. The summed E-state index contributed by atoms with van der Waals surface area (Å²) in [4.78, 5) is 0.104. The van der Waals surface area contributed by atoms with E-state index in [1.54, 1.807) is 31.4 Å². The van der Waals surface area contributed by atoms with Gasteiger partial charge in [0.1, 0.15) is 22.4 Å². The van der Waals surface area contributed by atoms with Gasteiger partial charge in [-0.1, -0.05) is 36.8 Å². The number of benzene rings is 1. The molecule has 9 heteroatoms. The van der Waals surface area contributed by atoms with Crippen LogP contribution in [-0.4, -0.2) is 54.0 Å². The molecule has 7 nitrogen and oxygen atoms in total. The van der Waals surface area contributed by atoms with Crippen LogP contribution in [0.25, 0.3) is 0 Å². The number of rotatable bonds is 6. The lowest BCUT2D eigenvalue weighted by Crippen LogP contribution is -2.79. The van der Waals surface area contributed by atoms with Crippen LogP contribution in [0, 0.1) is 23.2 Å². The quantitative estimate of drug-likeness (QED) is 0.240. The molecular weight excluding hydrogens is 484 g/mol. The first-order valence-corrected chi connectivity index (χ1v) is 16.9. The van der Waals surface area contributed by atoms with Crippen LogP contribution in [-0.2, 0) is 32.9 Å². The van der Waals surface area contributed by atoms with Gasteiger partial charge in [-0.15, -0.1) is 0 Å². The smallest absolute Gasteiger partial charge is 0.338 e. The van der Waals surface area contributed by atoms with Gasteiger partial charge in [0.2, 0.25) is 5.79 Å². The first-order valence-electron chi connectivity index (χ1n) is 12.1. The van der Waals surface area contributed by atoms with Gasteiger partial charge < -0.3 is 22.8 Å². The van der Waals surface area contributed by atoms with Gasteiger partial charge in [0, 0.05) is 12.5 Å². The average molecular weight is 519 g/mol. The monoisotopic (exact) mass is 518 g/mol. The molecule has 0 N–H and O–H groups in total. The number of hydrogen-bond donors (Lipinski definition) is 0. The van der Waals surface area contributed by atoms with Crippen molar-refractivity contribution < 1.29 is 31.2 Å². The van der Waals surface area contributed by atoms with E-state index in [-0.39, 0.29) is 11.0 Å². The van der Waals surface area contributed by atoms with E-state index in [2.05, 4.69) is 33.1 Å². The molecule has 35 heavy (non-hydrogen) atoms. The standard InChI is InChI=1S/C26H34O7SSi/c1-16-9-11-18(12-10-16)34(27,28)32-20-14-24-17(2)13-19-25(24,31-19)22(3)15-30-26(29-5,23(20,22)4)21(24)33-35(6,7)8/h9-12,14,19,21H,2,13,15H2,1,3-8H3.